The number of benzene rings is 1. The highest BCUT2D eigenvalue weighted by molar-refractivity contribution is 5.82. The minimum absolute atomic E-state index is 0.0258. The van der Waals surface area contributed by atoms with Crippen LogP contribution >= 0.6 is 0 Å². The van der Waals surface area contributed by atoms with Crippen molar-refractivity contribution in [3.05, 3.63) is 39.7 Å². The summed E-state index contributed by atoms with van der Waals surface area (Å²) in [6.07, 6.45) is 0.621. The Kier molecular flexibility index (Phi) is 4.34. The molecule has 0 atom stereocenters. The number of ether oxygens (including phenoxy) is 1. The normalized spacial score (nSPS) is 15.1. The van der Waals surface area contributed by atoms with Crippen molar-refractivity contribution >= 4 is 16.9 Å². The predicted octanol–water partition coefficient (Wildman–Crippen LogP) is 1.60. The van der Waals surface area contributed by atoms with E-state index in [1.807, 2.05) is 6.92 Å². The third-order valence-electron chi connectivity index (χ3n) is 4.22. The minimum atomic E-state index is -0.449. The molecule has 0 radical (unpaired) electrons. The summed E-state index contributed by atoms with van der Waals surface area (Å²) in [5.74, 6) is 0.0770. The number of rotatable bonds is 3. The summed E-state index contributed by atoms with van der Waals surface area (Å²) < 4.78 is 10.5. The Hall–Kier alpha value is -2.34. The predicted molar refractivity (Wildman–Crippen MR) is 84.6 cm³/mol. The first-order valence-corrected chi connectivity index (χ1v) is 7.67. The molecule has 23 heavy (non-hydrogen) atoms. The SMILES string of the molecule is Cc1c(CCC(=O)N2CCOCC2)c(=O)oc2cc(O)ccc12. The molecule has 1 N–H and O–H groups in total. The number of carbonyl (C=O) groups excluding carboxylic acids is 1. The maximum Gasteiger partial charge on any atom is 0.339 e. The van der Waals surface area contributed by atoms with Gasteiger partial charge in [0.15, 0.2) is 0 Å². The Bertz CT molecular complexity index is 789. The maximum absolute atomic E-state index is 12.2. The summed E-state index contributed by atoms with van der Waals surface area (Å²) in [7, 11) is 0. The third-order valence-corrected chi connectivity index (χ3v) is 4.22. The Labute approximate surface area is 133 Å². The second-order valence-corrected chi connectivity index (χ2v) is 5.67. The lowest BCUT2D eigenvalue weighted by Crippen LogP contribution is -2.40. The number of carbonyl (C=O) groups is 1. The van der Waals surface area contributed by atoms with Gasteiger partial charge < -0.3 is 19.2 Å². The standard InChI is InChI=1S/C17H19NO5/c1-11-13-3-2-12(19)10-15(13)23-17(21)14(11)4-5-16(20)18-6-8-22-9-7-18/h2-3,10,19H,4-9H2,1H3. The van der Waals surface area contributed by atoms with Crippen LogP contribution in [0, 0.1) is 6.92 Å². The van der Waals surface area contributed by atoms with E-state index >= 15 is 0 Å². The second kappa shape index (κ2) is 6.42. The van der Waals surface area contributed by atoms with Crippen LogP contribution in [0.25, 0.3) is 11.0 Å². The van der Waals surface area contributed by atoms with Crippen molar-refractivity contribution in [2.24, 2.45) is 0 Å². The molecule has 1 aromatic carbocycles. The molecule has 2 aromatic rings. The van der Waals surface area contributed by atoms with Crippen LogP contribution in [0.3, 0.4) is 0 Å². The van der Waals surface area contributed by atoms with Gasteiger partial charge in [-0.05, 0) is 31.0 Å². The number of amides is 1. The number of fused-ring (bicyclic) bond motifs is 1. The van der Waals surface area contributed by atoms with E-state index in [-0.39, 0.29) is 18.1 Å². The average molecular weight is 317 g/mol. The lowest BCUT2D eigenvalue weighted by Gasteiger charge is -2.26. The van der Waals surface area contributed by atoms with Gasteiger partial charge in [0, 0.05) is 36.5 Å². The number of hydrogen-bond acceptors (Lipinski definition) is 5. The van der Waals surface area contributed by atoms with Gasteiger partial charge in [0.1, 0.15) is 11.3 Å². The highest BCUT2D eigenvalue weighted by atomic mass is 16.5. The van der Waals surface area contributed by atoms with Gasteiger partial charge in [-0.2, -0.15) is 0 Å². The van der Waals surface area contributed by atoms with Crippen LogP contribution in [-0.4, -0.2) is 42.2 Å². The molecule has 0 aliphatic carbocycles. The van der Waals surface area contributed by atoms with E-state index in [9.17, 15) is 14.7 Å². The van der Waals surface area contributed by atoms with Gasteiger partial charge in [-0.1, -0.05) is 0 Å². The monoisotopic (exact) mass is 317 g/mol. The van der Waals surface area contributed by atoms with Gasteiger partial charge in [-0.25, -0.2) is 4.79 Å². The third kappa shape index (κ3) is 3.22. The molecular weight excluding hydrogens is 298 g/mol. The summed E-state index contributed by atoms with van der Waals surface area (Å²) in [6, 6.07) is 4.70. The summed E-state index contributed by atoms with van der Waals surface area (Å²) in [5.41, 5.74) is 1.22. The highest BCUT2D eigenvalue weighted by Gasteiger charge is 2.18. The topological polar surface area (TPSA) is 80.0 Å². The first kappa shape index (κ1) is 15.6. The number of nitrogens with zero attached hydrogens (tertiary/aromatic N) is 1. The van der Waals surface area contributed by atoms with E-state index < -0.39 is 5.63 Å². The highest BCUT2D eigenvalue weighted by Crippen LogP contribution is 2.24. The molecule has 1 amide bonds. The van der Waals surface area contributed by atoms with Gasteiger partial charge in [-0.15, -0.1) is 0 Å². The molecule has 3 rings (SSSR count). The number of hydrogen-bond donors (Lipinski definition) is 1. The molecule has 6 heteroatoms. The van der Waals surface area contributed by atoms with E-state index in [0.29, 0.717) is 43.9 Å². The summed E-state index contributed by atoms with van der Waals surface area (Å²) in [6.45, 7) is 4.16. The number of morpholine rings is 1. The molecule has 0 bridgehead atoms. The maximum atomic E-state index is 12.2. The fraction of sp³-hybridized carbons (Fsp3) is 0.412. The molecule has 0 spiro atoms. The molecule has 122 valence electrons. The lowest BCUT2D eigenvalue weighted by atomic mass is 10.0. The number of phenols is 1. The fourth-order valence-electron chi connectivity index (χ4n) is 2.87. The molecule has 2 heterocycles. The van der Waals surface area contributed by atoms with Crippen molar-refractivity contribution in [3.8, 4) is 5.75 Å². The van der Waals surface area contributed by atoms with Crippen molar-refractivity contribution < 1.29 is 19.1 Å². The van der Waals surface area contributed by atoms with Crippen molar-refractivity contribution in [3.63, 3.8) is 0 Å². The molecule has 0 unspecified atom stereocenters. The van der Waals surface area contributed by atoms with Crippen LogP contribution in [0.5, 0.6) is 5.75 Å². The molecule has 6 nitrogen and oxygen atoms in total. The summed E-state index contributed by atoms with van der Waals surface area (Å²) >= 11 is 0. The molecule has 1 saturated heterocycles. The first-order valence-electron chi connectivity index (χ1n) is 7.67. The molecule has 1 aromatic heterocycles. The van der Waals surface area contributed by atoms with Crippen molar-refractivity contribution in [1.29, 1.82) is 0 Å². The van der Waals surface area contributed by atoms with E-state index in [4.69, 9.17) is 9.15 Å². The Morgan fingerprint density at radius 1 is 1.30 bits per heavy atom. The van der Waals surface area contributed by atoms with E-state index in [1.54, 1.807) is 17.0 Å². The number of aryl methyl sites for hydroxylation is 1. The van der Waals surface area contributed by atoms with Gasteiger partial charge >= 0.3 is 5.63 Å². The minimum Gasteiger partial charge on any atom is -0.508 e. The van der Waals surface area contributed by atoms with E-state index in [0.717, 1.165) is 10.9 Å². The quantitative estimate of drug-likeness (QED) is 0.870. The largest absolute Gasteiger partial charge is 0.508 e. The molecular formula is C17H19NO5. The number of aromatic hydroxyl groups is 1. The molecule has 1 aliphatic rings. The summed E-state index contributed by atoms with van der Waals surface area (Å²) in [4.78, 5) is 26.1. The van der Waals surface area contributed by atoms with Crippen LogP contribution in [-0.2, 0) is 16.0 Å². The van der Waals surface area contributed by atoms with Crippen molar-refractivity contribution in [2.45, 2.75) is 19.8 Å². The van der Waals surface area contributed by atoms with Gasteiger partial charge in [0.25, 0.3) is 0 Å². The van der Waals surface area contributed by atoms with Crippen molar-refractivity contribution in [2.75, 3.05) is 26.3 Å². The van der Waals surface area contributed by atoms with Crippen LogP contribution in [0.4, 0.5) is 0 Å². The fourth-order valence-corrected chi connectivity index (χ4v) is 2.87. The zero-order valence-electron chi connectivity index (χ0n) is 13.0. The van der Waals surface area contributed by atoms with Crippen LogP contribution < -0.4 is 5.63 Å². The molecule has 1 aliphatic heterocycles. The first-order chi connectivity index (χ1) is 11.1. The Morgan fingerprint density at radius 3 is 2.78 bits per heavy atom. The number of phenolic OH excluding ortho intramolecular Hbond substituents is 1. The summed E-state index contributed by atoms with van der Waals surface area (Å²) in [5, 5.41) is 10.3. The van der Waals surface area contributed by atoms with E-state index in [1.165, 1.54) is 6.07 Å². The average Bonchev–Trinajstić information content (AvgIpc) is 2.55. The molecule has 1 fully saturated rings. The van der Waals surface area contributed by atoms with E-state index in [2.05, 4.69) is 0 Å². The molecule has 0 saturated carbocycles. The zero-order chi connectivity index (χ0) is 16.4. The van der Waals surface area contributed by atoms with Gasteiger partial charge in [0.05, 0.1) is 13.2 Å². The van der Waals surface area contributed by atoms with Crippen LogP contribution in [0.2, 0.25) is 0 Å². The second-order valence-electron chi connectivity index (χ2n) is 5.67. The van der Waals surface area contributed by atoms with Gasteiger partial charge in [0.2, 0.25) is 5.91 Å². The smallest absolute Gasteiger partial charge is 0.339 e. The Balaban J connectivity index is 1.81. The van der Waals surface area contributed by atoms with Crippen LogP contribution in [0.15, 0.2) is 27.4 Å². The van der Waals surface area contributed by atoms with Crippen LogP contribution in [0.1, 0.15) is 17.5 Å². The zero-order valence-corrected chi connectivity index (χ0v) is 13.0. The van der Waals surface area contributed by atoms with Gasteiger partial charge in [-0.3, -0.25) is 4.79 Å². The lowest BCUT2D eigenvalue weighted by molar-refractivity contribution is -0.135. The van der Waals surface area contributed by atoms with Crippen molar-refractivity contribution in [1.82, 2.24) is 4.90 Å². The Morgan fingerprint density at radius 2 is 2.04 bits per heavy atom.